The largest absolute Gasteiger partial charge is 0.379 e. The van der Waals surface area contributed by atoms with Gasteiger partial charge in [0.1, 0.15) is 0 Å². The number of hydrogen-bond donors (Lipinski definition) is 0. The molecule has 1 aromatic rings. The number of benzene rings is 1. The number of nitriles is 1. The molecule has 0 aliphatic carbocycles. The molecular formula is C15H18ClNO2. The maximum absolute atomic E-state index is 9.17. The summed E-state index contributed by atoms with van der Waals surface area (Å²) in [5.41, 5.74) is 0.955. The molecule has 1 aliphatic rings. The lowest BCUT2D eigenvalue weighted by atomic mass is 9.73. The maximum atomic E-state index is 9.17. The van der Waals surface area contributed by atoms with Crippen molar-refractivity contribution in [2.75, 3.05) is 26.4 Å². The van der Waals surface area contributed by atoms with Gasteiger partial charge in [0.05, 0.1) is 19.3 Å². The zero-order valence-electron chi connectivity index (χ0n) is 10.9. The van der Waals surface area contributed by atoms with Gasteiger partial charge in [0, 0.05) is 30.1 Å². The van der Waals surface area contributed by atoms with E-state index in [4.69, 9.17) is 21.1 Å². The van der Waals surface area contributed by atoms with E-state index in [9.17, 15) is 5.26 Å². The van der Waals surface area contributed by atoms with E-state index < -0.39 is 0 Å². The Bertz CT molecular complexity index is 428. The van der Waals surface area contributed by atoms with E-state index in [1.54, 1.807) is 0 Å². The average Bonchev–Trinajstić information content (AvgIpc) is 2.53. The van der Waals surface area contributed by atoms with Crippen molar-refractivity contribution in [1.29, 1.82) is 5.26 Å². The van der Waals surface area contributed by atoms with Crippen LogP contribution in [0.2, 0.25) is 5.02 Å². The molecule has 102 valence electrons. The summed E-state index contributed by atoms with van der Waals surface area (Å²) in [5.74, 6) is 0. The highest BCUT2D eigenvalue weighted by Crippen LogP contribution is 2.36. The van der Waals surface area contributed by atoms with E-state index in [1.807, 2.05) is 24.3 Å². The molecular weight excluding hydrogens is 262 g/mol. The quantitative estimate of drug-likeness (QED) is 0.834. The smallest absolute Gasteiger partial charge is 0.0700 e. The van der Waals surface area contributed by atoms with Crippen LogP contribution in [-0.2, 0) is 14.9 Å². The molecule has 0 atom stereocenters. The van der Waals surface area contributed by atoms with Gasteiger partial charge in [-0.25, -0.2) is 0 Å². The average molecular weight is 280 g/mol. The Morgan fingerprint density at radius 2 is 1.63 bits per heavy atom. The molecule has 4 heteroatoms. The Morgan fingerprint density at radius 1 is 1.05 bits per heavy atom. The van der Waals surface area contributed by atoms with Crippen LogP contribution in [0.1, 0.15) is 24.8 Å². The van der Waals surface area contributed by atoms with Gasteiger partial charge in [-0.1, -0.05) is 23.7 Å². The highest BCUT2D eigenvalue weighted by molar-refractivity contribution is 6.30. The van der Waals surface area contributed by atoms with Crippen molar-refractivity contribution in [2.45, 2.75) is 24.7 Å². The Labute approximate surface area is 119 Å². The number of nitrogens with zero attached hydrogens (tertiary/aromatic N) is 1. The lowest BCUT2D eigenvalue weighted by Gasteiger charge is -2.31. The number of ether oxygens (including phenoxy) is 2. The molecule has 2 rings (SSSR count). The highest BCUT2D eigenvalue weighted by atomic mass is 35.5. The van der Waals surface area contributed by atoms with Crippen LogP contribution in [0.3, 0.4) is 0 Å². The van der Waals surface area contributed by atoms with Crippen molar-refractivity contribution in [3.63, 3.8) is 0 Å². The predicted molar refractivity (Wildman–Crippen MR) is 74.2 cm³/mol. The summed E-state index contributed by atoms with van der Waals surface area (Å²) in [6, 6.07) is 10.1. The minimum atomic E-state index is -0.191. The molecule has 1 aliphatic heterocycles. The normalized spacial score (nSPS) is 19.8. The molecule has 0 radical (unpaired) electrons. The number of rotatable bonds is 2. The summed E-state index contributed by atoms with van der Waals surface area (Å²) in [5, 5.41) is 9.89. The molecule has 1 heterocycles. The molecule has 1 aromatic carbocycles. The van der Waals surface area contributed by atoms with Crippen LogP contribution < -0.4 is 0 Å². The topological polar surface area (TPSA) is 42.2 Å². The van der Waals surface area contributed by atoms with E-state index >= 15 is 0 Å². The third-order valence-electron chi connectivity index (χ3n) is 3.70. The van der Waals surface area contributed by atoms with Crippen molar-refractivity contribution in [1.82, 2.24) is 0 Å². The molecule has 0 bridgehead atoms. The van der Waals surface area contributed by atoms with Crippen molar-refractivity contribution in [2.24, 2.45) is 0 Å². The SMILES string of the molecule is N#CCC1(c2ccc(Cl)cc2)CCOCCOCC1. The summed E-state index contributed by atoms with van der Waals surface area (Å²) in [6.45, 7) is 2.58. The lowest BCUT2D eigenvalue weighted by molar-refractivity contribution is 0.0584. The molecule has 1 saturated heterocycles. The van der Waals surface area contributed by atoms with Crippen molar-refractivity contribution in [3.8, 4) is 6.07 Å². The van der Waals surface area contributed by atoms with E-state index in [-0.39, 0.29) is 5.41 Å². The van der Waals surface area contributed by atoms with Crippen molar-refractivity contribution >= 4 is 11.6 Å². The first-order chi connectivity index (χ1) is 9.27. The van der Waals surface area contributed by atoms with Crippen LogP contribution in [-0.4, -0.2) is 26.4 Å². The van der Waals surface area contributed by atoms with Gasteiger partial charge in [-0.15, -0.1) is 0 Å². The van der Waals surface area contributed by atoms with Gasteiger partial charge in [-0.05, 0) is 30.5 Å². The van der Waals surface area contributed by atoms with E-state index in [2.05, 4.69) is 6.07 Å². The first kappa shape index (κ1) is 14.3. The summed E-state index contributed by atoms with van der Waals surface area (Å²) in [4.78, 5) is 0. The Balaban J connectivity index is 2.27. The first-order valence-electron chi connectivity index (χ1n) is 6.55. The standard InChI is InChI=1S/C15H18ClNO2/c16-14-3-1-13(2-4-14)15(5-8-17)6-9-18-11-12-19-10-7-15/h1-4H,5-7,9-12H2. The maximum Gasteiger partial charge on any atom is 0.0700 e. The molecule has 3 nitrogen and oxygen atoms in total. The van der Waals surface area contributed by atoms with Gasteiger partial charge in [-0.3, -0.25) is 0 Å². The fraction of sp³-hybridized carbons (Fsp3) is 0.533. The van der Waals surface area contributed by atoms with Gasteiger partial charge in [-0.2, -0.15) is 5.26 Å². The second-order valence-corrected chi connectivity index (χ2v) is 5.28. The first-order valence-corrected chi connectivity index (χ1v) is 6.93. The minimum absolute atomic E-state index is 0.191. The van der Waals surface area contributed by atoms with Gasteiger partial charge in [0.15, 0.2) is 0 Å². The molecule has 0 saturated carbocycles. The zero-order chi connectivity index (χ0) is 13.6. The minimum Gasteiger partial charge on any atom is -0.379 e. The summed E-state index contributed by atoms with van der Waals surface area (Å²) < 4.78 is 11.1. The van der Waals surface area contributed by atoms with E-state index in [1.165, 1.54) is 0 Å². The summed E-state index contributed by atoms with van der Waals surface area (Å²) in [6.07, 6.45) is 2.15. The second kappa shape index (κ2) is 6.91. The monoisotopic (exact) mass is 279 g/mol. The van der Waals surface area contributed by atoms with Crippen molar-refractivity contribution < 1.29 is 9.47 Å². The second-order valence-electron chi connectivity index (χ2n) is 4.85. The van der Waals surface area contributed by atoms with Crippen LogP contribution in [0.5, 0.6) is 0 Å². The van der Waals surface area contributed by atoms with Gasteiger partial charge in [0.25, 0.3) is 0 Å². The molecule has 1 fully saturated rings. The lowest BCUT2D eigenvalue weighted by Crippen LogP contribution is -2.28. The molecule has 0 unspecified atom stereocenters. The van der Waals surface area contributed by atoms with Crippen LogP contribution >= 0.6 is 11.6 Å². The fourth-order valence-corrected chi connectivity index (χ4v) is 2.63. The third-order valence-corrected chi connectivity index (χ3v) is 3.95. The Hall–Kier alpha value is -1.08. The van der Waals surface area contributed by atoms with Gasteiger partial charge in [0.2, 0.25) is 0 Å². The van der Waals surface area contributed by atoms with E-state index in [0.29, 0.717) is 37.9 Å². The zero-order valence-corrected chi connectivity index (χ0v) is 11.7. The van der Waals surface area contributed by atoms with Gasteiger partial charge >= 0.3 is 0 Å². The fourth-order valence-electron chi connectivity index (χ4n) is 2.50. The number of hydrogen-bond acceptors (Lipinski definition) is 3. The molecule has 0 aromatic heterocycles. The molecule has 0 spiro atoms. The van der Waals surface area contributed by atoms with Crippen molar-refractivity contribution in [3.05, 3.63) is 34.9 Å². The van der Waals surface area contributed by atoms with Gasteiger partial charge < -0.3 is 9.47 Å². The van der Waals surface area contributed by atoms with Crippen LogP contribution in [0.15, 0.2) is 24.3 Å². The Kier molecular flexibility index (Phi) is 5.21. The molecule has 19 heavy (non-hydrogen) atoms. The molecule has 0 N–H and O–H groups in total. The van der Waals surface area contributed by atoms with Crippen LogP contribution in [0.4, 0.5) is 0 Å². The third kappa shape index (κ3) is 3.70. The van der Waals surface area contributed by atoms with Crippen LogP contribution in [0.25, 0.3) is 0 Å². The number of halogens is 1. The highest BCUT2D eigenvalue weighted by Gasteiger charge is 2.32. The summed E-state index contributed by atoms with van der Waals surface area (Å²) in [7, 11) is 0. The molecule has 0 amide bonds. The van der Waals surface area contributed by atoms with E-state index in [0.717, 1.165) is 18.4 Å². The van der Waals surface area contributed by atoms with Crippen LogP contribution in [0, 0.1) is 11.3 Å². The summed E-state index contributed by atoms with van der Waals surface area (Å²) >= 11 is 5.94. The predicted octanol–water partition coefficient (Wildman–Crippen LogP) is 3.32. The Morgan fingerprint density at radius 3 is 2.16 bits per heavy atom.